The van der Waals surface area contributed by atoms with E-state index < -0.39 is 0 Å². The highest BCUT2D eigenvalue weighted by atomic mass is 35.5. The molecule has 0 aliphatic carbocycles. The highest BCUT2D eigenvalue weighted by Gasteiger charge is 2.15. The Hall–Kier alpha value is -0.800. The van der Waals surface area contributed by atoms with Gasteiger partial charge in [0.05, 0.1) is 5.69 Å². The molecule has 2 nitrogen and oxygen atoms in total. The van der Waals surface area contributed by atoms with Gasteiger partial charge in [0.15, 0.2) is 0 Å². The Morgan fingerprint density at radius 2 is 2.36 bits per heavy atom. The highest BCUT2D eigenvalue weighted by Crippen LogP contribution is 2.20. The lowest BCUT2D eigenvalue weighted by molar-refractivity contribution is 0.626. The van der Waals surface area contributed by atoms with E-state index in [1.54, 1.807) is 12.1 Å². The van der Waals surface area contributed by atoms with Crippen molar-refractivity contribution in [3.63, 3.8) is 0 Å². The average Bonchev–Trinajstić information content (AvgIpc) is 2.62. The number of benzene rings is 1. The van der Waals surface area contributed by atoms with Crippen LogP contribution in [0.15, 0.2) is 18.2 Å². The van der Waals surface area contributed by atoms with Crippen LogP contribution in [-0.2, 0) is 0 Å². The van der Waals surface area contributed by atoms with Crippen LogP contribution in [0, 0.1) is 5.82 Å². The van der Waals surface area contributed by atoms with Gasteiger partial charge in [0.1, 0.15) is 5.82 Å². The van der Waals surface area contributed by atoms with Crippen LogP contribution in [0.4, 0.5) is 10.1 Å². The summed E-state index contributed by atoms with van der Waals surface area (Å²) in [6.45, 7) is 1.88. The Morgan fingerprint density at radius 3 is 3.00 bits per heavy atom. The van der Waals surface area contributed by atoms with Gasteiger partial charge in [0, 0.05) is 17.6 Å². The number of hydrogen-bond acceptors (Lipinski definition) is 2. The molecule has 1 aromatic rings. The summed E-state index contributed by atoms with van der Waals surface area (Å²) in [5, 5.41) is 6.78. The van der Waals surface area contributed by atoms with Crippen molar-refractivity contribution in [2.45, 2.75) is 12.5 Å². The second-order valence-corrected chi connectivity index (χ2v) is 3.89. The van der Waals surface area contributed by atoms with Crippen LogP contribution in [0.25, 0.3) is 0 Å². The van der Waals surface area contributed by atoms with Crippen molar-refractivity contribution in [3.8, 4) is 0 Å². The molecule has 1 atom stereocenters. The van der Waals surface area contributed by atoms with Gasteiger partial charge in [-0.2, -0.15) is 0 Å². The van der Waals surface area contributed by atoms with E-state index in [0.29, 0.717) is 16.8 Å². The number of hydrogen-bond donors (Lipinski definition) is 2. The van der Waals surface area contributed by atoms with Gasteiger partial charge in [-0.05, 0) is 31.2 Å². The summed E-state index contributed by atoms with van der Waals surface area (Å²) in [5.41, 5.74) is 0.531. The third-order valence-electron chi connectivity index (χ3n) is 2.35. The van der Waals surface area contributed by atoms with E-state index in [0.717, 1.165) is 19.5 Å². The van der Waals surface area contributed by atoms with Gasteiger partial charge in [0.25, 0.3) is 0 Å². The van der Waals surface area contributed by atoms with Gasteiger partial charge in [-0.3, -0.25) is 0 Å². The van der Waals surface area contributed by atoms with E-state index in [1.165, 1.54) is 6.07 Å². The third kappa shape index (κ3) is 2.16. The molecule has 1 fully saturated rings. The lowest BCUT2D eigenvalue weighted by Crippen LogP contribution is -2.22. The molecule has 2 N–H and O–H groups in total. The maximum Gasteiger partial charge on any atom is 0.147 e. The van der Waals surface area contributed by atoms with Crippen molar-refractivity contribution in [1.82, 2.24) is 5.32 Å². The smallest absolute Gasteiger partial charge is 0.147 e. The Bertz CT molecular complexity index is 324. The van der Waals surface area contributed by atoms with Crippen molar-refractivity contribution in [2.24, 2.45) is 0 Å². The Morgan fingerprint density at radius 1 is 1.50 bits per heavy atom. The lowest BCUT2D eigenvalue weighted by atomic mass is 10.2. The molecule has 1 aliphatic heterocycles. The maximum atomic E-state index is 13.3. The fourth-order valence-corrected chi connectivity index (χ4v) is 1.76. The minimum atomic E-state index is -0.288. The summed E-state index contributed by atoms with van der Waals surface area (Å²) in [5.74, 6) is -0.288. The molecule has 1 unspecified atom stereocenters. The molecule has 0 saturated carbocycles. The molecule has 1 saturated heterocycles. The standard InChI is InChI=1S/C10H12ClFN2/c11-7-1-2-10(9(12)5-7)14-8-3-4-13-6-8/h1-2,5,8,13-14H,3-4,6H2. The molecule has 2 rings (SSSR count). The van der Waals surface area contributed by atoms with Gasteiger partial charge in [-0.25, -0.2) is 4.39 Å². The second kappa shape index (κ2) is 4.15. The van der Waals surface area contributed by atoms with E-state index in [2.05, 4.69) is 10.6 Å². The van der Waals surface area contributed by atoms with Crippen molar-refractivity contribution < 1.29 is 4.39 Å². The third-order valence-corrected chi connectivity index (χ3v) is 2.59. The molecule has 0 amide bonds. The van der Waals surface area contributed by atoms with Crippen LogP contribution in [0.3, 0.4) is 0 Å². The van der Waals surface area contributed by atoms with Crippen LogP contribution < -0.4 is 10.6 Å². The Labute approximate surface area is 87.5 Å². The summed E-state index contributed by atoms with van der Waals surface area (Å²) >= 11 is 5.65. The molecule has 1 heterocycles. The molecular weight excluding hydrogens is 203 g/mol. The number of anilines is 1. The fraction of sp³-hybridized carbons (Fsp3) is 0.400. The first kappa shape index (κ1) is 9.74. The van der Waals surface area contributed by atoms with Crippen molar-refractivity contribution in [2.75, 3.05) is 18.4 Å². The molecule has 4 heteroatoms. The molecule has 76 valence electrons. The second-order valence-electron chi connectivity index (χ2n) is 3.46. The summed E-state index contributed by atoms with van der Waals surface area (Å²) in [6, 6.07) is 5.02. The number of nitrogens with one attached hydrogen (secondary N) is 2. The summed E-state index contributed by atoms with van der Waals surface area (Å²) in [4.78, 5) is 0. The van der Waals surface area contributed by atoms with Gasteiger partial charge in [0.2, 0.25) is 0 Å². The zero-order valence-electron chi connectivity index (χ0n) is 7.69. The SMILES string of the molecule is Fc1cc(Cl)ccc1NC1CCNC1. The van der Waals surface area contributed by atoms with E-state index in [-0.39, 0.29) is 5.82 Å². The van der Waals surface area contributed by atoms with Gasteiger partial charge < -0.3 is 10.6 Å². The van der Waals surface area contributed by atoms with E-state index in [1.807, 2.05) is 0 Å². The van der Waals surface area contributed by atoms with Crippen molar-refractivity contribution in [3.05, 3.63) is 29.0 Å². The van der Waals surface area contributed by atoms with Crippen LogP contribution >= 0.6 is 11.6 Å². The zero-order chi connectivity index (χ0) is 9.97. The minimum Gasteiger partial charge on any atom is -0.379 e. The Balaban J connectivity index is 2.08. The summed E-state index contributed by atoms with van der Waals surface area (Å²) < 4.78 is 13.3. The topological polar surface area (TPSA) is 24.1 Å². The quantitative estimate of drug-likeness (QED) is 0.789. The van der Waals surface area contributed by atoms with Gasteiger partial charge >= 0.3 is 0 Å². The first-order chi connectivity index (χ1) is 6.75. The van der Waals surface area contributed by atoms with Crippen LogP contribution in [0.5, 0.6) is 0 Å². The molecule has 0 radical (unpaired) electrons. The number of halogens is 2. The highest BCUT2D eigenvalue weighted by molar-refractivity contribution is 6.30. The predicted molar refractivity (Wildman–Crippen MR) is 56.3 cm³/mol. The van der Waals surface area contributed by atoms with Crippen molar-refractivity contribution in [1.29, 1.82) is 0 Å². The maximum absolute atomic E-state index is 13.3. The summed E-state index contributed by atoms with van der Waals surface area (Å²) in [6.07, 6.45) is 1.03. The monoisotopic (exact) mass is 214 g/mol. The predicted octanol–water partition coefficient (Wildman–Crippen LogP) is 2.25. The van der Waals surface area contributed by atoms with Crippen LogP contribution in [-0.4, -0.2) is 19.1 Å². The molecular formula is C10H12ClFN2. The average molecular weight is 215 g/mol. The molecule has 1 aliphatic rings. The molecule has 14 heavy (non-hydrogen) atoms. The molecule has 0 aromatic heterocycles. The fourth-order valence-electron chi connectivity index (χ4n) is 1.60. The van der Waals surface area contributed by atoms with E-state index in [9.17, 15) is 4.39 Å². The first-order valence-corrected chi connectivity index (χ1v) is 5.06. The van der Waals surface area contributed by atoms with Crippen LogP contribution in [0.2, 0.25) is 5.02 Å². The molecule has 0 bridgehead atoms. The normalized spacial score (nSPS) is 21.1. The van der Waals surface area contributed by atoms with Gasteiger partial charge in [-0.1, -0.05) is 11.6 Å². The largest absolute Gasteiger partial charge is 0.379 e. The van der Waals surface area contributed by atoms with Crippen molar-refractivity contribution >= 4 is 17.3 Å². The first-order valence-electron chi connectivity index (χ1n) is 4.68. The minimum absolute atomic E-state index is 0.288. The Kier molecular flexibility index (Phi) is 2.89. The van der Waals surface area contributed by atoms with Crippen LogP contribution in [0.1, 0.15) is 6.42 Å². The van der Waals surface area contributed by atoms with Gasteiger partial charge in [-0.15, -0.1) is 0 Å². The summed E-state index contributed by atoms with van der Waals surface area (Å²) in [7, 11) is 0. The molecule has 1 aromatic carbocycles. The van der Waals surface area contributed by atoms with E-state index >= 15 is 0 Å². The molecule has 0 spiro atoms. The number of rotatable bonds is 2. The van der Waals surface area contributed by atoms with E-state index in [4.69, 9.17) is 11.6 Å². The zero-order valence-corrected chi connectivity index (χ0v) is 8.44. The lowest BCUT2D eigenvalue weighted by Gasteiger charge is -2.13.